The van der Waals surface area contributed by atoms with E-state index in [1.807, 2.05) is 30.3 Å². The van der Waals surface area contributed by atoms with Gasteiger partial charge in [-0.05, 0) is 79.3 Å². The predicted molar refractivity (Wildman–Crippen MR) is 135 cm³/mol. The maximum absolute atomic E-state index is 13.8. The number of halogens is 1. The van der Waals surface area contributed by atoms with Crippen LogP contribution in [0.4, 0.5) is 9.39 Å². The molecule has 1 amide bonds. The molecule has 1 aliphatic carbocycles. The van der Waals surface area contributed by atoms with Crippen LogP contribution in [0.25, 0.3) is 0 Å². The first-order valence-corrected chi connectivity index (χ1v) is 12.4. The molecule has 178 valence electrons. The molecule has 0 fully saturated rings. The highest BCUT2D eigenvalue weighted by molar-refractivity contribution is 7.16. The molecule has 0 atom stereocenters. The second-order valence-corrected chi connectivity index (χ2v) is 9.44. The number of hydrogen-bond acceptors (Lipinski definition) is 5. The van der Waals surface area contributed by atoms with Crippen molar-refractivity contribution >= 4 is 28.5 Å². The summed E-state index contributed by atoms with van der Waals surface area (Å²) in [6, 6.07) is 17.7. The molecule has 2 aromatic carbocycles. The number of nitrogens with zero attached hydrogens (tertiary/aromatic N) is 1. The second-order valence-electron chi connectivity index (χ2n) is 8.36. The number of hydrogen-bond donors (Lipinski definition) is 1. The average molecular weight is 489 g/mol. The van der Waals surface area contributed by atoms with E-state index in [1.165, 1.54) is 10.9 Å². The van der Waals surface area contributed by atoms with E-state index in [4.69, 9.17) is 14.1 Å². The summed E-state index contributed by atoms with van der Waals surface area (Å²) in [7, 11) is 0. The molecule has 0 aliphatic heterocycles. The zero-order chi connectivity index (χ0) is 24.0. The molecular weight excluding hydrogens is 463 g/mol. The molecule has 1 aliphatic rings. The van der Waals surface area contributed by atoms with Crippen LogP contribution in [0.5, 0.6) is 5.75 Å². The maximum atomic E-state index is 13.8. The zero-order valence-electron chi connectivity index (χ0n) is 19.1. The summed E-state index contributed by atoms with van der Waals surface area (Å²) in [6.07, 6.45) is 7.47. The second kappa shape index (κ2) is 10.7. The van der Waals surface area contributed by atoms with Crippen LogP contribution in [0.3, 0.4) is 0 Å². The molecule has 0 bridgehead atoms. The molecule has 0 saturated heterocycles. The van der Waals surface area contributed by atoms with E-state index in [1.54, 1.807) is 48.1 Å². The Morgan fingerprint density at radius 2 is 1.91 bits per heavy atom. The number of thiophene rings is 1. The van der Waals surface area contributed by atoms with Crippen molar-refractivity contribution in [2.45, 2.75) is 38.8 Å². The summed E-state index contributed by atoms with van der Waals surface area (Å²) in [4.78, 5) is 19.1. The number of carbonyl (C=O) groups excluding carboxylic acids is 1. The molecule has 0 saturated carbocycles. The van der Waals surface area contributed by atoms with Crippen LogP contribution >= 0.6 is 11.3 Å². The third kappa shape index (κ3) is 5.52. The molecule has 5 nitrogen and oxygen atoms in total. The Morgan fingerprint density at radius 3 is 2.71 bits per heavy atom. The smallest absolute Gasteiger partial charge is 0.255 e. The molecular formula is C28H25FN2O3S. The Balaban J connectivity index is 1.29. The molecule has 0 unspecified atom stereocenters. The van der Waals surface area contributed by atoms with E-state index in [2.05, 4.69) is 5.32 Å². The van der Waals surface area contributed by atoms with E-state index in [9.17, 15) is 9.18 Å². The first kappa shape index (κ1) is 23.1. The van der Waals surface area contributed by atoms with Gasteiger partial charge in [-0.2, -0.15) is 0 Å². The summed E-state index contributed by atoms with van der Waals surface area (Å²) in [6.45, 7) is 0.505. The fourth-order valence-electron chi connectivity index (χ4n) is 4.11. The number of nitrogens with one attached hydrogen (secondary N) is 1. The largest absolute Gasteiger partial charge is 0.489 e. The highest BCUT2D eigenvalue weighted by Gasteiger charge is 2.25. The number of benzene rings is 2. The van der Waals surface area contributed by atoms with Crippen LogP contribution in [0.15, 0.2) is 76.3 Å². The van der Waals surface area contributed by atoms with Gasteiger partial charge >= 0.3 is 0 Å². The molecule has 0 radical (unpaired) electrons. The quantitative estimate of drug-likeness (QED) is 0.284. The van der Waals surface area contributed by atoms with Crippen LogP contribution in [0, 0.1) is 5.82 Å². The van der Waals surface area contributed by atoms with Crippen LogP contribution in [-0.2, 0) is 26.0 Å². The van der Waals surface area contributed by atoms with E-state index in [0.717, 1.165) is 41.8 Å². The normalized spacial score (nSPS) is 13.1. The Hall–Kier alpha value is -3.71. The highest BCUT2D eigenvalue weighted by Crippen LogP contribution is 2.40. The van der Waals surface area contributed by atoms with Crippen molar-refractivity contribution in [3.05, 3.63) is 106 Å². The average Bonchev–Trinajstić information content (AvgIpc) is 3.54. The molecule has 0 spiro atoms. The van der Waals surface area contributed by atoms with Crippen LogP contribution in [0.2, 0.25) is 0 Å². The molecule has 5 rings (SSSR count). The predicted octanol–water partition coefficient (Wildman–Crippen LogP) is 6.62. The van der Waals surface area contributed by atoms with E-state index < -0.39 is 0 Å². The highest BCUT2D eigenvalue weighted by atomic mass is 32.1. The standard InChI is InChI=1S/C28H25FN2O3S/c29-24-9-3-1-6-20(24)18-34-21-13-11-19(12-14-21)16-31-28-26(23-8-2-4-10-25(23)35-28)27(32)30-17-22-7-5-15-33-22/h1,3,5-7,9,11-16H,2,4,8,10,17-18H2,(H,30,32). The summed E-state index contributed by atoms with van der Waals surface area (Å²) in [5, 5.41) is 3.70. The number of amides is 1. The minimum atomic E-state index is -0.279. The SMILES string of the molecule is O=C(NCc1ccco1)c1c(N=Cc2ccc(OCc3ccccc3F)cc2)sc2c1CCCC2. The molecule has 2 heterocycles. The number of aliphatic imine (C=N–C) groups is 1. The minimum absolute atomic E-state index is 0.121. The summed E-state index contributed by atoms with van der Waals surface area (Å²) in [5.41, 5.74) is 3.20. The molecule has 35 heavy (non-hydrogen) atoms. The summed E-state index contributed by atoms with van der Waals surface area (Å²) < 4.78 is 24.8. The van der Waals surface area contributed by atoms with Gasteiger partial charge in [0.2, 0.25) is 0 Å². The number of rotatable bonds is 8. The van der Waals surface area contributed by atoms with Crippen molar-refractivity contribution in [3.8, 4) is 5.75 Å². The van der Waals surface area contributed by atoms with Crippen LogP contribution < -0.4 is 10.1 Å². The number of aryl methyl sites for hydroxylation is 1. The Bertz CT molecular complexity index is 1330. The van der Waals surface area contributed by atoms with E-state index >= 15 is 0 Å². The first-order chi connectivity index (χ1) is 17.2. The Kier molecular flexibility index (Phi) is 7.04. The summed E-state index contributed by atoms with van der Waals surface area (Å²) >= 11 is 1.60. The lowest BCUT2D eigenvalue weighted by Gasteiger charge is -2.12. The number of furan rings is 1. The lowest BCUT2D eigenvalue weighted by atomic mass is 9.95. The van der Waals surface area contributed by atoms with Gasteiger partial charge in [0.05, 0.1) is 18.4 Å². The third-order valence-electron chi connectivity index (χ3n) is 5.95. The zero-order valence-corrected chi connectivity index (χ0v) is 19.9. The van der Waals surface area contributed by atoms with Crippen molar-refractivity contribution in [1.82, 2.24) is 5.32 Å². The lowest BCUT2D eigenvalue weighted by Crippen LogP contribution is -2.23. The van der Waals surface area contributed by atoms with E-state index in [0.29, 0.717) is 29.2 Å². The number of ether oxygens (including phenoxy) is 1. The molecule has 7 heteroatoms. The van der Waals surface area contributed by atoms with Gasteiger partial charge in [0.25, 0.3) is 5.91 Å². The first-order valence-electron chi connectivity index (χ1n) is 11.6. The number of carbonyl (C=O) groups is 1. The molecule has 4 aromatic rings. The van der Waals surface area contributed by atoms with Gasteiger partial charge in [-0.3, -0.25) is 4.79 Å². The van der Waals surface area contributed by atoms with Gasteiger partial charge in [-0.1, -0.05) is 18.2 Å². The summed E-state index contributed by atoms with van der Waals surface area (Å²) in [5.74, 6) is 0.962. The maximum Gasteiger partial charge on any atom is 0.255 e. The Labute approximate surface area is 207 Å². The van der Waals surface area contributed by atoms with Crippen molar-refractivity contribution in [1.29, 1.82) is 0 Å². The van der Waals surface area contributed by atoms with Gasteiger partial charge in [0.1, 0.15) is 28.9 Å². The minimum Gasteiger partial charge on any atom is -0.489 e. The van der Waals surface area contributed by atoms with Gasteiger partial charge in [0.15, 0.2) is 0 Å². The fourth-order valence-corrected chi connectivity index (χ4v) is 5.34. The van der Waals surface area contributed by atoms with Crippen LogP contribution in [0.1, 0.15) is 50.5 Å². The number of fused-ring (bicyclic) bond motifs is 1. The van der Waals surface area contributed by atoms with Crippen molar-refractivity contribution < 1.29 is 18.3 Å². The van der Waals surface area contributed by atoms with Crippen molar-refractivity contribution in [2.24, 2.45) is 4.99 Å². The van der Waals surface area contributed by atoms with Crippen molar-refractivity contribution in [2.75, 3.05) is 0 Å². The van der Waals surface area contributed by atoms with Gasteiger partial charge < -0.3 is 14.5 Å². The molecule has 2 aromatic heterocycles. The third-order valence-corrected chi connectivity index (χ3v) is 7.15. The van der Waals surface area contributed by atoms with Gasteiger partial charge in [-0.15, -0.1) is 11.3 Å². The topological polar surface area (TPSA) is 63.8 Å². The van der Waals surface area contributed by atoms with Gasteiger partial charge in [0, 0.05) is 16.7 Å². The van der Waals surface area contributed by atoms with Crippen LogP contribution in [-0.4, -0.2) is 12.1 Å². The fraction of sp³-hybridized carbons (Fsp3) is 0.214. The lowest BCUT2D eigenvalue weighted by molar-refractivity contribution is 0.0948. The van der Waals surface area contributed by atoms with Gasteiger partial charge in [-0.25, -0.2) is 9.38 Å². The van der Waals surface area contributed by atoms with E-state index in [-0.39, 0.29) is 18.3 Å². The van der Waals surface area contributed by atoms with Crippen molar-refractivity contribution in [3.63, 3.8) is 0 Å². The molecule has 1 N–H and O–H groups in total. The monoisotopic (exact) mass is 488 g/mol. The Morgan fingerprint density at radius 1 is 1.09 bits per heavy atom.